The molecule has 0 aliphatic rings. The topological polar surface area (TPSA) is 22.0 Å². The summed E-state index contributed by atoms with van der Waals surface area (Å²) < 4.78 is 2.09. The van der Waals surface area contributed by atoms with Crippen molar-refractivity contribution in [2.24, 2.45) is 13.0 Å². The quantitative estimate of drug-likeness (QED) is 0.746. The molecule has 0 aliphatic heterocycles. The van der Waals surface area contributed by atoms with Crippen molar-refractivity contribution in [2.75, 3.05) is 0 Å². The Bertz CT molecular complexity index is 590. The van der Waals surface area contributed by atoms with Gasteiger partial charge in [0.25, 0.3) is 0 Å². The second kappa shape index (κ2) is 5.21. The van der Waals surface area contributed by atoms with Gasteiger partial charge in [-0.15, -0.1) is 0 Å². The van der Waals surface area contributed by atoms with Gasteiger partial charge in [0.1, 0.15) is 0 Å². The highest BCUT2D eigenvalue weighted by Gasteiger charge is 2.04. The third-order valence-electron chi connectivity index (χ3n) is 2.99. The van der Waals surface area contributed by atoms with Crippen molar-refractivity contribution in [2.45, 2.75) is 20.3 Å². The minimum absolute atomic E-state index is 0.193. The van der Waals surface area contributed by atoms with Crippen LogP contribution in [0.5, 0.6) is 0 Å². The molecule has 94 valence electrons. The number of benzene rings is 1. The number of aromatic nitrogens is 1. The van der Waals surface area contributed by atoms with E-state index in [1.807, 2.05) is 25.3 Å². The highest BCUT2D eigenvalue weighted by Crippen LogP contribution is 2.21. The van der Waals surface area contributed by atoms with Crippen molar-refractivity contribution in [1.82, 2.24) is 4.57 Å². The zero-order valence-electron chi connectivity index (χ0n) is 11.2. The standard InChI is InChI=1S/C16H19NO/c1-12(2)10-14(18)9-8-13-11-17(3)16-7-5-4-6-15(13)16/h4-9,11-12H,10H2,1-3H3. The molecule has 1 heterocycles. The first-order valence-electron chi connectivity index (χ1n) is 6.33. The van der Waals surface area contributed by atoms with E-state index in [1.165, 1.54) is 10.9 Å². The van der Waals surface area contributed by atoms with Gasteiger partial charge < -0.3 is 4.57 Å². The summed E-state index contributed by atoms with van der Waals surface area (Å²) in [5.41, 5.74) is 2.29. The maximum atomic E-state index is 11.7. The number of para-hydroxylation sites is 1. The van der Waals surface area contributed by atoms with Crippen LogP contribution in [-0.2, 0) is 11.8 Å². The highest BCUT2D eigenvalue weighted by molar-refractivity contribution is 5.97. The summed E-state index contributed by atoms with van der Waals surface area (Å²) in [6.07, 6.45) is 6.29. The Labute approximate surface area is 108 Å². The predicted octanol–water partition coefficient (Wildman–Crippen LogP) is 3.81. The minimum Gasteiger partial charge on any atom is -0.350 e. The normalized spacial score (nSPS) is 11.8. The highest BCUT2D eigenvalue weighted by atomic mass is 16.1. The van der Waals surface area contributed by atoms with Crippen LogP contribution in [0.2, 0.25) is 0 Å². The van der Waals surface area contributed by atoms with E-state index in [9.17, 15) is 4.79 Å². The number of fused-ring (bicyclic) bond motifs is 1. The average Bonchev–Trinajstić information content (AvgIpc) is 2.64. The van der Waals surface area contributed by atoms with Crippen molar-refractivity contribution < 1.29 is 4.79 Å². The summed E-state index contributed by atoms with van der Waals surface area (Å²) >= 11 is 0. The third-order valence-corrected chi connectivity index (χ3v) is 2.99. The average molecular weight is 241 g/mol. The lowest BCUT2D eigenvalue weighted by molar-refractivity contribution is -0.115. The van der Waals surface area contributed by atoms with E-state index in [-0.39, 0.29) is 5.78 Å². The molecule has 0 spiro atoms. The molecular weight excluding hydrogens is 222 g/mol. The predicted molar refractivity (Wildman–Crippen MR) is 76.4 cm³/mol. The van der Waals surface area contributed by atoms with Crippen LogP contribution in [0.4, 0.5) is 0 Å². The monoisotopic (exact) mass is 241 g/mol. The van der Waals surface area contributed by atoms with Gasteiger partial charge in [0, 0.05) is 36.1 Å². The molecule has 0 saturated carbocycles. The molecule has 0 unspecified atom stereocenters. The van der Waals surface area contributed by atoms with Gasteiger partial charge in [-0.25, -0.2) is 0 Å². The Morgan fingerprint density at radius 3 is 2.78 bits per heavy atom. The Balaban J connectivity index is 2.27. The number of carbonyl (C=O) groups excluding carboxylic acids is 1. The lowest BCUT2D eigenvalue weighted by Crippen LogP contribution is -1.98. The first-order valence-corrected chi connectivity index (χ1v) is 6.33. The molecule has 0 atom stereocenters. The van der Waals surface area contributed by atoms with Crippen LogP contribution < -0.4 is 0 Å². The summed E-state index contributed by atoms with van der Waals surface area (Å²) in [5.74, 6) is 0.604. The zero-order chi connectivity index (χ0) is 13.1. The van der Waals surface area contributed by atoms with Crippen molar-refractivity contribution in [3.63, 3.8) is 0 Å². The first-order chi connectivity index (χ1) is 8.58. The molecule has 2 rings (SSSR count). The van der Waals surface area contributed by atoms with E-state index >= 15 is 0 Å². The van der Waals surface area contributed by atoms with E-state index in [1.54, 1.807) is 6.08 Å². The van der Waals surface area contributed by atoms with Crippen LogP contribution in [0, 0.1) is 5.92 Å². The van der Waals surface area contributed by atoms with Crippen LogP contribution in [0.15, 0.2) is 36.5 Å². The van der Waals surface area contributed by atoms with E-state index < -0.39 is 0 Å². The molecule has 18 heavy (non-hydrogen) atoms. The lowest BCUT2D eigenvalue weighted by Gasteiger charge is -1.98. The fourth-order valence-corrected chi connectivity index (χ4v) is 2.16. The number of aryl methyl sites for hydroxylation is 1. The van der Waals surface area contributed by atoms with Crippen LogP contribution in [0.3, 0.4) is 0 Å². The summed E-state index contributed by atoms with van der Waals surface area (Å²) in [7, 11) is 2.02. The molecule has 2 aromatic rings. The van der Waals surface area contributed by atoms with Crippen LogP contribution >= 0.6 is 0 Å². The Hall–Kier alpha value is -1.83. The van der Waals surface area contributed by atoms with Gasteiger partial charge >= 0.3 is 0 Å². The molecule has 0 amide bonds. The molecule has 0 saturated heterocycles. The van der Waals surface area contributed by atoms with E-state index in [4.69, 9.17) is 0 Å². The molecule has 1 aromatic heterocycles. The second-order valence-electron chi connectivity index (χ2n) is 5.11. The molecule has 0 radical (unpaired) electrons. The van der Waals surface area contributed by atoms with Crippen molar-refractivity contribution in [3.8, 4) is 0 Å². The zero-order valence-corrected chi connectivity index (χ0v) is 11.2. The molecule has 0 fully saturated rings. The number of rotatable bonds is 4. The Kier molecular flexibility index (Phi) is 3.66. The second-order valence-corrected chi connectivity index (χ2v) is 5.11. The number of hydrogen-bond acceptors (Lipinski definition) is 1. The van der Waals surface area contributed by atoms with Gasteiger partial charge in [-0.05, 0) is 24.1 Å². The summed E-state index contributed by atoms with van der Waals surface area (Å²) in [5, 5.41) is 1.19. The van der Waals surface area contributed by atoms with Gasteiger partial charge in [0.05, 0.1) is 0 Å². The molecule has 2 heteroatoms. The number of ketones is 1. The molecule has 0 bridgehead atoms. The largest absolute Gasteiger partial charge is 0.350 e. The number of hydrogen-bond donors (Lipinski definition) is 0. The van der Waals surface area contributed by atoms with Gasteiger partial charge in [-0.2, -0.15) is 0 Å². The Morgan fingerprint density at radius 1 is 1.33 bits per heavy atom. The maximum Gasteiger partial charge on any atom is 0.155 e. The van der Waals surface area contributed by atoms with Gasteiger partial charge in [0.2, 0.25) is 0 Å². The molecule has 2 nitrogen and oxygen atoms in total. The van der Waals surface area contributed by atoms with Gasteiger partial charge in [-0.3, -0.25) is 4.79 Å². The lowest BCUT2D eigenvalue weighted by atomic mass is 10.1. The molecule has 0 aliphatic carbocycles. The van der Waals surface area contributed by atoms with E-state index in [0.29, 0.717) is 12.3 Å². The summed E-state index contributed by atoms with van der Waals surface area (Å²) in [6.45, 7) is 4.12. The van der Waals surface area contributed by atoms with E-state index in [2.05, 4.69) is 36.7 Å². The molecule has 1 aromatic carbocycles. The van der Waals surface area contributed by atoms with Crippen molar-refractivity contribution in [1.29, 1.82) is 0 Å². The first kappa shape index (κ1) is 12.6. The summed E-state index contributed by atoms with van der Waals surface area (Å²) in [6, 6.07) is 8.22. The smallest absolute Gasteiger partial charge is 0.155 e. The molecule has 0 N–H and O–H groups in total. The summed E-state index contributed by atoms with van der Waals surface area (Å²) in [4.78, 5) is 11.7. The Morgan fingerprint density at radius 2 is 2.06 bits per heavy atom. The van der Waals surface area contributed by atoms with Crippen molar-refractivity contribution >= 4 is 22.8 Å². The maximum absolute atomic E-state index is 11.7. The fraction of sp³-hybridized carbons (Fsp3) is 0.312. The van der Waals surface area contributed by atoms with Crippen molar-refractivity contribution in [3.05, 3.63) is 42.1 Å². The molecular formula is C16H19NO. The van der Waals surface area contributed by atoms with Gasteiger partial charge in [0.15, 0.2) is 5.78 Å². The SMILES string of the molecule is CC(C)CC(=O)C=Cc1cn(C)c2ccccc12. The number of nitrogens with zero attached hydrogens (tertiary/aromatic N) is 1. The van der Waals surface area contributed by atoms with Gasteiger partial charge in [-0.1, -0.05) is 32.0 Å². The number of allylic oxidation sites excluding steroid dienone is 1. The fourth-order valence-electron chi connectivity index (χ4n) is 2.16. The third kappa shape index (κ3) is 2.70. The van der Waals surface area contributed by atoms with E-state index in [0.717, 1.165) is 5.56 Å². The van der Waals surface area contributed by atoms with Crippen LogP contribution in [-0.4, -0.2) is 10.4 Å². The van der Waals surface area contributed by atoms with Crippen LogP contribution in [0.25, 0.3) is 17.0 Å². The number of carbonyl (C=O) groups is 1. The van der Waals surface area contributed by atoms with Crippen LogP contribution in [0.1, 0.15) is 25.8 Å². The minimum atomic E-state index is 0.193.